The average Bonchev–Trinajstić information content (AvgIpc) is 2.61. The summed E-state index contributed by atoms with van der Waals surface area (Å²) in [6, 6.07) is 0. The maximum Gasteiger partial charge on any atom is 0.114 e. The predicted octanol–water partition coefficient (Wildman–Crippen LogP) is 1.12. The normalized spacial score (nSPS) is 20.8. The Morgan fingerprint density at radius 2 is 1.69 bits per heavy atom. The first kappa shape index (κ1) is 11.0. The van der Waals surface area contributed by atoms with Gasteiger partial charge in [0, 0.05) is 13.2 Å². The van der Waals surface area contributed by atoms with E-state index in [0.29, 0.717) is 0 Å². The van der Waals surface area contributed by atoms with Crippen molar-refractivity contribution < 1.29 is 14.9 Å². The van der Waals surface area contributed by atoms with E-state index < -0.39 is 6.35 Å². The van der Waals surface area contributed by atoms with Crippen LogP contribution in [0.5, 0.6) is 0 Å². The predicted molar refractivity (Wildman–Crippen MR) is 54.1 cm³/mol. The molecule has 0 atom stereocenters. The average molecular weight is 187 g/mol. The van der Waals surface area contributed by atoms with Gasteiger partial charge in [0.05, 0.1) is 0 Å². The van der Waals surface area contributed by atoms with Crippen LogP contribution >= 0.6 is 0 Å². The monoisotopic (exact) mass is 187 g/mol. The zero-order chi connectivity index (χ0) is 9.57. The molecule has 0 amide bonds. The molecule has 1 rings (SSSR count). The third-order valence-corrected chi connectivity index (χ3v) is 3.12. The van der Waals surface area contributed by atoms with E-state index in [1.807, 2.05) is 0 Å². The summed E-state index contributed by atoms with van der Waals surface area (Å²) >= 11 is 0. The highest BCUT2D eigenvalue weighted by atomic mass is 16.4. The van der Waals surface area contributed by atoms with Gasteiger partial charge < -0.3 is 14.9 Å². The third kappa shape index (κ3) is 3.29. The topological polar surface area (TPSA) is 49.7 Å². The second-order valence-corrected chi connectivity index (χ2v) is 4.11. The summed E-state index contributed by atoms with van der Waals surface area (Å²) in [4.78, 5) is 0. The summed E-state index contributed by atoms with van der Waals surface area (Å²) in [6.45, 7) is 1.38. The summed E-state index contributed by atoms with van der Waals surface area (Å²) in [6.07, 6.45) is 5.29. The van der Waals surface area contributed by atoms with Gasteiger partial charge in [0.15, 0.2) is 0 Å². The molecule has 1 aliphatic rings. The fourth-order valence-corrected chi connectivity index (χ4v) is 2.40. The van der Waals surface area contributed by atoms with E-state index in [9.17, 15) is 0 Å². The number of hydrogen-bond acceptors (Lipinski definition) is 3. The molecule has 0 aromatic carbocycles. The minimum absolute atomic E-state index is 0.256. The van der Waals surface area contributed by atoms with Gasteiger partial charge >= 0.3 is 0 Å². The van der Waals surface area contributed by atoms with E-state index in [-0.39, 0.29) is 13.2 Å². The molecule has 13 heavy (non-hydrogen) atoms. The molecule has 4 heteroatoms. The van der Waals surface area contributed by atoms with Crippen LogP contribution in [0.2, 0.25) is 19.0 Å². The third-order valence-electron chi connectivity index (χ3n) is 3.12. The van der Waals surface area contributed by atoms with Gasteiger partial charge in [-0.2, -0.15) is 19.0 Å². The van der Waals surface area contributed by atoms with Crippen LogP contribution in [0.1, 0.15) is 19.3 Å². The molecule has 0 bridgehead atoms. The molecule has 0 aromatic rings. The molecule has 0 aliphatic carbocycles. The van der Waals surface area contributed by atoms with Gasteiger partial charge in [-0.3, -0.25) is 0 Å². The van der Waals surface area contributed by atoms with E-state index in [4.69, 9.17) is 14.9 Å². The highest BCUT2D eigenvalue weighted by Crippen LogP contribution is 2.32. The quantitative estimate of drug-likeness (QED) is 0.612. The lowest BCUT2D eigenvalue weighted by molar-refractivity contribution is 0.279. The second kappa shape index (κ2) is 5.63. The molecule has 3 nitrogen and oxygen atoms in total. The van der Waals surface area contributed by atoms with E-state index in [1.54, 1.807) is 0 Å². The van der Waals surface area contributed by atoms with Gasteiger partial charge in [0.2, 0.25) is 0 Å². The van der Waals surface area contributed by atoms with Crippen molar-refractivity contribution in [3.63, 3.8) is 0 Å². The van der Waals surface area contributed by atoms with Crippen LogP contribution in [-0.2, 0) is 4.65 Å². The zero-order valence-corrected chi connectivity index (χ0v) is 8.24. The number of aliphatic hydroxyl groups excluding tert-OH is 2. The first-order valence-corrected chi connectivity index (χ1v) is 5.38. The van der Waals surface area contributed by atoms with Crippen LogP contribution < -0.4 is 0 Å². The molecular weight excluding hydrogens is 167 g/mol. The summed E-state index contributed by atoms with van der Waals surface area (Å²) < 4.78 is 5.78. The van der Waals surface area contributed by atoms with E-state index in [2.05, 4.69) is 0 Å². The van der Waals surface area contributed by atoms with Gasteiger partial charge in [0.1, 0.15) is 6.35 Å². The van der Waals surface area contributed by atoms with E-state index >= 15 is 0 Å². The molecule has 0 radical (unpaired) electrons. The molecule has 0 aromatic heterocycles. The Balaban J connectivity index is 2.33. The molecule has 2 N–H and O–H groups in total. The molecule has 1 fully saturated rings. The molecule has 0 spiro atoms. The lowest BCUT2D eigenvalue weighted by Gasteiger charge is -2.34. The minimum atomic E-state index is -0.685. The Labute approximate surface area is 80.0 Å². The van der Waals surface area contributed by atoms with Gasteiger partial charge in [-0.05, 0) is 6.61 Å². The highest BCUT2D eigenvalue weighted by Gasteiger charge is 2.27. The van der Waals surface area contributed by atoms with Crippen molar-refractivity contribution in [3.05, 3.63) is 0 Å². The van der Waals surface area contributed by atoms with Crippen LogP contribution in [0, 0.1) is 0 Å². The van der Waals surface area contributed by atoms with Gasteiger partial charge in [-0.15, -0.1) is 0 Å². The molecule has 1 saturated heterocycles. The maximum atomic E-state index is 8.77. The second-order valence-electron chi connectivity index (χ2n) is 4.11. The van der Waals surface area contributed by atoms with Crippen molar-refractivity contribution in [3.8, 4) is 0 Å². The van der Waals surface area contributed by atoms with Gasteiger partial charge in [-0.1, -0.05) is 19.3 Å². The summed E-state index contributed by atoms with van der Waals surface area (Å²) in [7, 11) is 0. The fraction of sp³-hybridized carbons (Fsp3) is 1.00. The van der Waals surface area contributed by atoms with Crippen molar-refractivity contribution in [2.24, 2.45) is 0 Å². The van der Waals surface area contributed by atoms with Gasteiger partial charge in [0.25, 0.3) is 0 Å². The van der Waals surface area contributed by atoms with Crippen LogP contribution in [-0.4, -0.2) is 36.4 Å². The highest BCUT2D eigenvalue weighted by molar-refractivity contribution is 6.74. The van der Waals surface area contributed by atoms with Crippen molar-refractivity contribution in [1.82, 2.24) is 0 Å². The lowest BCUT2D eigenvalue weighted by Crippen LogP contribution is -2.33. The van der Waals surface area contributed by atoms with E-state index in [0.717, 1.165) is 44.8 Å². The SMILES string of the molecule is OCCC[B-]1(CCCO)CCCO1. The van der Waals surface area contributed by atoms with Crippen LogP contribution in [0.4, 0.5) is 0 Å². The molecule has 0 saturated carbocycles. The molecule has 0 unspecified atom stereocenters. The Kier molecular flexibility index (Phi) is 4.77. The largest absolute Gasteiger partial charge is 0.590 e. The van der Waals surface area contributed by atoms with Crippen molar-refractivity contribution >= 4 is 6.35 Å². The molecule has 78 valence electrons. The van der Waals surface area contributed by atoms with E-state index in [1.165, 1.54) is 0 Å². The summed E-state index contributed by atoms with van der Waals surface area (Å²) in [5.41, 5.74) is 0. The Bertz CT molecular complexity index is 125. The fourth-order valence-electron chi connectivity index (χ4n) is 2.40. The standard InChI is InChI=1S/C9H20BO3/c11-7-1-4-10(5-2-8-12)6-3-9-13-10/h11-12H,1-9H2/q-1. The summed E-state index contributed by atoms with van der Waals surface area (Å²) in [5.74, 6) is 0. The van der Waals surface area contributed by atoms with Gasteiger partial charge in [-0.25, -0.2) is 0 Å². The Morgan fingerprint density at radius 3 is 2.08 bits per heavy atom. The van der Waals surface area contributed by atoms with Crippen molar-refractivity contribution in [1.29, 1.82) is 0 Å². The lowest BCUT2D eigenvalue weighted by atomic mass is 9.34. The molecular formula is C9H20BO3-. The minimum Gasteiger partial charge on any atom is -0.590 e. The molecule has 1 heterocycles. The number of hydrogen-bond donors (Lipinski definition) is 2. The summed E-state index contributed by atoms with van der Waals surface area (Å²) in [5, 5.41) is 17.5. The number of aliphatic hydroxyl groups is 2. The van der Waals surface area contributed by atoms with Crippen molar-refractivity contribution in [2.75, 3.05) is 19.8 Å². The van der Waals surface area contributed by atoms with Crippen LogP contribution in [0.3, 0.4) is 0 Å². The smallest absolute Gasteiger partial charge is 0.114 e. The maximum absolute atomic E-state index is 8.77. The van der Waals surface area contributed by atoms with Crippen LogP contribution in [0.25, 0.3) is 0 Å². The first-order chi connectivity index (χ1) is 6.33. The molecule has 1 aliphatic heterocycles. The zero-order valence-electron chi connectivity index (χ0n) is 8.24. The first-order valence-electron chi connectivity index (χ1n) is 5.38. The van der Waals surface area contributed by atoms with Crippen LogP contribution in [0.15, 0.2) is 0 Å². The Morgan fingerprint density at radius 1 is 1.08 bits per heavy atom. The number of rotatable bonds is 6. The van der Waals surface area contributed by atoms with Crippen molar-refractivity contribution in [2.45, 2.75) is 38.2 Å². The Hall–Kier alpha value is -0.0551.